The standard InChI is InChI=1S/C15H14N4O3.ClH/c1-10(20)17-12-5-7-13(8-6-12)18-15(16)11-3-2-4-14(9-11)19(21)22;/h2-9H,1H3,(H2,16,18)(H,17,20);1H. The number of hydrogen-bond donors (Lipinski definition) is 2. The monoisotopic (exact) mass is 334 g/mol. The molecule has 0 saturated heterocycles. The highest BCUT2D eigenvalue weighted by molar-refractivity contribution is 5.99. The zero-order chi connectivity index (χ0) is 16.1. The van der Waals surface area contributed by atoms with Gasteiger partial charge in [-0.25, -0.2) is 4.99 Å². The number of halogens is 1. The summed E-state index contributed by atoms with van der Waals surface area (Å²) in [4.78, 5) is 25.4. The molecule has 0 unspecified atom stereocenters. The molecule has 2 aromatic carbocycles. The van der Waals surface area contributed by atoms with Crippen molar-refractivity contribution in [3.05, 3.63) is 64.2 Å². The van der Waals surface area contributed by atoms with Gasteiger partial charge in [0.2, 0.25) is 5.91 Å². The molecule has 1 amide bonds. The van der Waals surface area contributed by atoms with E-state index >= 15 is 0 Å². The molecule has 23 heavy (non-hydrogen) atoms. The second-order valence-corrected chi connectivity index (χ2v) is 4.53. The number of anilines is 1. The third kappa shape index (κ3) is 5.08. The number of amides is 1. The zero-order valence-electron chi connectivity index (χ0n) is 12.2. The SMILES string of the molecule is CC(=O)Nc1ccc(N=C(N)c2cccc([N+](=O)[O-])c2)cc1.Cl. The van der Waals surface area contributed by atoms with Gasteiger partial charge in [-0.2, -0.15) is 0 Å². The van der Waals surface area contributed by atoms with E-state index in [0.717, 1.165) is 0 Å². The van der Waals surface area contributed by atoms with Crippen molar-refractivity contribution in [2.45, 2.75) is 6.92 Å². The summed E-state index contributed by atoms with van der Waals surface area (Å²) < 4.78 is 0. The van der Waals surface area contributed by atoms with Crippen molar-refractivity contribution in [3.63, 3.8) is 0 Å². The molecule has 0 aliphatic carbocycles. The zero-order valence-corrected chi connectivity index (χ0v) is 13.0. The third-order valence-corrected chi connectivity index (χ3v) is 2.79. The molecule has 0 bridgehead atoms. The summed E-state index contributed by atoms with van der Waals surface area (Å²) in [5.74, 6) is 0.0170. The third-order valence-electron chi connectivity index (χ3n) is 2.79. The normalized spacial score (nSPS) is 10.6. The van der Waals surface area contributed by atoms with Gasteiger partial charge in [-0.15, -0.1) is 12.4 Å². The number of nitrogens with one attached hydrogen (secondary N) is 1. The number of nitro groups is 1. The molecule has 0 saturated carbocycles. The summed E-state index contributed by atoms with van der Waals surface area (Å²) >= 11 is 0. The Bertz CT molecular complexity index is 745. The van der Waals surface area contributed by atoms with E-state index in [1.165, 1.54) is 19.1 Å². The van der Waals surface area contributed by atoms with Crippen LogP contribution in [0, 0.1) is 10.1 Å². The van der Waals surface area contributed by atoms with E-state index in [4.69, 9.17) is 5.73 Å². The molecule has 0 radical (unpaired) electrons. The second-order valence-electron chi connectivity index (χ2n) is 4.53. The number of carbonyl (C=O) groups excluding carboxylic acids is 1. The molecule has 0 spiro atoms. The lowest BCUT2D eigenvalue weighted by Crippen LogP contribution is -2.12. The molecule has 2 aromatic rings. The van der Waals surface area contributed by atoms with Gasteiger partial charge in [-0.3, -0.25) is 14.9 Å². The highest BCUT2D eigenvalue weighted by Gasteiger charge is 2.08. The van der Waals surface area contributed by atoms with Crippen molar-refractivity contribution in [2.24, 2.45) is 10.7 Å². The molecule has 0 atom stereocenters. The van der Waals surface area contributed by atoms with Crippen LogP contribution in [0.15, 0.2) is 53.5 Å². The van der Waals surface area contributed by atoms with E-state index in [0.29, 0.717) is 16.9 Å². The van der Waals surface area contributed by atoms with Gasteiger partial charge in [0.1, 0.15) is 5.84 Å². The molecule has 0 aliphatic heterocycles. The summed E-state index contributed by atoms with van der Waals surface area (Å²) in [5.41, 5.74) is 7.53. The van der Waals surface area contributed by atoms with Crippen LogP contribution in [-0.4, -0.2) is 16.7 Å². The number of carbonyl (C=O) groups is 1. The molecule has 2 rings (SSSR count). The Labute approximate surface area is 138 Å². The lowest BCUT2D eigenvalue weighted by Gasteiger charge is -2.03. The fraction of sp³-hybridized carbons (Fsp3) is 0.0667. The Hall–Kier alpha value is -2.93. The molecule has 7 nitrogen and oxygen atoms in total. The number of rotatable bonds is 4. The van der Waals surface area contributed by atoms with Crippen molar-refractivity contribution >= 4 is 41.2 Å². The number of non-ortho nitro benzene ring substituents is 1. The number of nitro benzene ring substituents is 1. The van der Waals surface area contributed by atoms with E-state index in [1.807, 2.05) is 0 Å². The summed E-state index contributed by atoms with van der Waals surface area (Å²) in [5, 5.41) is 13.4. The van der Waals surface area contributed by atoms with Crippen molar-refractivity contribution in [1.82, 2.24) is 0 Å². The number of hydrogen-bond acceptors (Lipinski definition) is 4. The first-order chi connectivity index (χ1) is 10.5. The lowest BCUT2D eigenvalue weighted by molar-refractivity contribution is -0.384. The highest BCUT2D eigenvalue weighted by Crippen LogP contribution is 2.18. The lowest BCUT2D eigenvalue weighted by atomic mass is 10.2. The van der Waals surface area contributed by atoms with Crippen LogP contribution in [0.1, 0.15) is 12.5 Å². The van der Waals surface area contributed by atoms with Crippen LogP contribution >= 0.6 is 12.4 Å². The van der Waals surface area contributed by atoms with Crippen LogP contribution in [0.4, 0.5) is 17.1 Å². The Morgan fingerprint density at radius 1 is 1.22 bits per heavy atom. The Morgan fingerprint density at radius 2 is 1.87 bits per heavy atom. The summed E-state index contributed by atoms with van der Waals surface area (Å²) in [6.45, 7) is 1.42. The Kier molecular flexibility index (Phi) is 6.23. The van der Waals surface area contributed by atoms with Crippen LogP contribution in [0.5, 0.6) is 0 Å². The summed E-state index contributed by atoms with van der Waals surface area (Å²) in [7, 11) is 0. The second kappa shape index (κ2) is 7.90. The number of nitrogens with two attached hydrogens (primary N) is 1. The fourth-order valence-electron chi connectivity index (χ4n) is 1.80. The minimum absolute atomic E-state index is 0. The molecule has 3 N–H and O–H groups in total. The number of nitrogens with zero attached hydrogens (tertiary/aromatic N) is 2. The van der Waals surface area contributed by atoms with Gasteiger partial charge < -0.3 is 11.1 Å². The Balaban J connectivity index is 0.00000264. The molecule has 0 fully saturated rings. The first kappa shape index (κ1) is 18.1. The maximum absolute atomic E-state index is 10.9. The molecule has 0 heterocycles. The van der Waals surface area contributed by atoms with Gasteiger partial charge >= 0.3 is 0 Å². The van der Waals surface area contributed by atoms with E-state index in [-0.39, 0.29) is 29.8 Å². The number of benzene rings is 2. The van der Waals surface area contributed by atoms with Gasteiger partial charge in [0.05, 0.1) is 10.6 Å². The van der Waals surface area contributed by atoms with E-state index in [2.05, 4.69) is 10.3 Å². The average Bonchev–Trinajstić information content (AvgIpc) is 2.49. The van der Waals surface area contributed by atoms with Gasteiger partial charge in [0, 0.05) is 30.3 Å². The van der Waals surface area contributed by atoms with Crippen molar-refractivity contribution < 1.29 is 9.72 Å². The smallest absolute Gasteiger partial charge is 0.270 e. The number of aliphatic imine (C=N–C) groups is 1. The van der Waals surface area contributed by atoms with E-state index < -0.39 is 4.92 Å². The fourth-order valence-corrected chi connectivity index (χ4v) is 1.80. The Morgan fingerprint density at radius 3 is 2.43 bits per heavy atom. The van der Waals surface area contributed by atoms with Gasteiger partial charge in [0.25, 0.3) is 5.69 Å². The topological polar surface area (TPSA) is 111 Å². The van der Waals surface area contributed by atoms with Crippen molar-refractivity contribution in [2.75, 3.05) is 5.32 Å². The van der Waals surface area contributed by atoms with Gasteiger partial charge in [-0.1, -0.05) is 12.1 Å². The minimum atomic E-state index is -0.487. The van der Waals surface area contributed by atoms with Crippen LogP contribution in [-0.2, 0) is 4.79 Å². The van der Waals surface area contributed by atoms with E-state index in [1.54, 1.807) is 36.4 Å². The van der Waals surface area contributed by atoms with E-state index in [9.17, 15) is 14.9 Å². The van der Waals surface area contributed by atoms with Crippen molar-refractivity contribution in [3.8, 4) is 0 Å². The van der Waals surface area contributed by atoms with Crippen molar-refractivity contribution in [1.29, 1.82) is 0 Å². The average molecular weight is 335 g/mol. The number of amidine groups is 1. The first-order valence-electron chi connectivity index (χ1n) is 6.42. The quantitative estimate of drug-likeness (QED) is 0.387. The highest BCUT2D eigenvalue weighted by atomic mass is 35.5. The molecule has 0 aromatic heterocycles. The maximum atomic E-state index is 10.9. The van der Waals surface area contributed by atoms with Crippen LogP contribution < -0.4 is 11.1 Å². The predicted molar refractivity (Wildman–Crippen MR) is 91.5 cm³/mol. The molecule has 0 aliphatic rings. The van der Waals surface area contributed by atoms with Gasteiger partial charge in [0.15, 0.2) is 0 Å². The minimum Gasteiger partial charge on any atom is -0.383 e. The summed E-state index contributed by atoms with van der Waals surface area (Å²) in [6.07, 6.45) is 0. The van der Waals surface area contributed by atoms with Crippen LogP contribution in [0.3, 0.4) is 0 Å². The molecule has 120 valence electrons. The molecule has 8 heteroatoms. The molecular weight excluding hydrogens is 320 g/mol. The first-order valence-corrected chi connectivity index (χ1v) is 6.42. The predicted octanol–water partition coefficient (Wildman–Crippen LogP) is 3.01. The maximum Gasteiger partial charge on any atom is 0.270 e. The van der Waals surface area contributed by atoms with Gasteiger partial charge in [-0.05, 0) is 24.3 Å². The largest absolute Gasteiger partial charge is 0.383 e. The van der Waals surface area contributed by atoms with Crippen LogP contribution in [0.2, 0.25) is 0 Å². The summed E-state index contributed by atoms with van der Waals surface area (Å²) in [6, 6.07) is 12.7. The molecular formula is C15H15ClN4O3. The van der Waals surface area contributed by atoms with Crippen LogP contribution in [0.25, 0.3) is 0 Å².